The molecule has 27 heavy (non-hydrogen) atoms. The van der Waals surface area contributed by atoms with Gasteiger partial charge in [0.05, 0.1) is 6.54 Å². The topological polar surface area (TPSA) is 70.2 Å². The molecule has 0 saturated carbocycles. The van der Waals surface area contributed by atoms with E-state index >= 15 is 0 Å². The van der Waals surface area contributed by atoms with Crippen LogP contribution in [0.2, 0.25) is 0 Å². The van der Waals surface area contributed by atoms with Crippen LogP contribution < -0.4 is 0 Å². The van der Waals surface area contributed by atoms with Gasteiger partial charge in [0.15, 0.2) is 0 Å². The van der Waals surface area contributed by atoms with Gasteiger partial charge in [0.25, 0.3) is 0 Å². The summed E-state index contributed by atoms with van der Waals surface area (Å²) >= 11 is 0. The first kappa shape index (κ1) is 20.0. The maximum atomic E-state index is 12.5. The second kappa shape index (κ2) is 8.48. The van der Waals surface area contributed by atoms with Crippen molar-refractivity contribution in [3.63, 3.8) is 0 Å². The molecule has 7 heteroatoms. The number of hydrogen-bond acceptors (Lipinski definition) is 4. The van der Waals surface area contributed by atoms with Gasteiger partial charge >= 0.3 is 6.09 Å². The standard InChI is InChI=1S/C20H33N3O4/c1-3-6-16(2)23-15-20(27-19(23)26)9-13-22(14-10-20)18(25)8-12-21-11-5-4-7-17(21)24/h16H,3-15H2,1-2H3/t16-/m0/s1. The first-order valence-electron chi connectivity index (χ1n) is 10.5. The predicted octanol–water partition coefficient (Wildman–Crippen LogP) is 2.39. The Morgan fingerprint density at radius 3 is 2.59 bits per heavy atom. The number of carbonyl (C=O) groups excluding carboxylic acids is 3. The van der Waals surface area contributed by atoms with Crippen LogP contribution in [0.3, 0.4) is 0 Å². The summed E-state index contributed by atoms with van der Waals surface area (Å²) in [6.07, 6.45) is 6.20. The van der Waals surface area contributed by atoms with Gasteiger partial charge in [-0.25, -0.2) is 4.79 Å². The first-order valence-corrected chi connectivity index (χ1v) is 10.5. The maximum absolute atomic E-state index is 12.5. The molecule has 7 nitrogen and oxygen atoms in total. The van der Waals surface area contributed by atoms with Gasteiger partial charge in [-0.1, -0.05) is 13.3 Å². The minimum absolute atomic E-state index is 0.101. The first-order chi connectivity index (χ1) is 12.9. The van der Waals surface area contributed by atoms with Crippen molar-refractivity contribution >= 4 is 17.9 Å². The van der Waals surface area contributed by atoms with E-state index in [2.05, 4.69) is 13.8 Å². The Kier molecular flexibility index (Phi) is 6.27. The molecular weight excluding hydrogens is 346 g/mol. The highest BCUT2D eigenvalue weighted by Gasteiger charge is 2.48. The van der Waals surface area contributed by atoms with E-state index in [0.29, 0.717) is 51.9 Å². The Morgan fingerprint density at radius 2 is 1.93 bits per heavy atom. The lowest BCUT2D eigenvalue weighted by molar-refractivity contribution is -0.137. The van der Waals surface area contributed by atoms with E-state index in [1.807, 2.05) is 14.7 Å². The molecule has 0 aromatic carbocycles. The van der Waals surface area contributed by atoms with Crippen molar-refractivity contribution in [2.45, 2.75) is 76.9 Å². The second-order valence-corrected chi connectivity index (χ2v) is 8.29. The summed E-state index contributed by atoms with van der Waals surface area (Å²) in [5.41, 5.74) is -0.432. The van der Waals surface area contributed by atoms with E-state index in [4.69, 9.17) is 4.74 Å². The molecule has 1 atom stereocenters. The van der Waals surface area contributed by atoms with Crippen molar-refractivity contribution < 1.29 is 19.1 Å². The van der Waals surface area contributed by atoms with Crippen molar-refractivity contribution in [3.8, 4) is 0 Å². The van der Waals surface area contributed by atoms with Crippen LogP contribution in [-0.4, -0.2) is 77.0 Å². The third kappa shape index (κ3) is 4.55. The van der Waals surface area contributed by atoms with Crippen molar-refractivity contribution in [1.29, 1.82) is 0 Å². The maximum Gasteiger partial charge on any atom is 0.410 e. The lowest BCUT2D eigenvalue weighted by atomic mass is 9.90. The van der Waals surface area contributed by atoms with Gasteiger partial charge in [-0.3, -0.25) is 9.59 Å². The molecule has 3 fully saturated rings. The molecular formula is C20H33N3O4. The van der Waals surface area contributed by atoms with Crippen LogP contribution >= 0.6 is 0 Å². The number of hydrogen-bond donors (Lipinski definition) is 0. The summed E-state index contributed by atoms with van der Waals surface area (Å²) in [6.45, 7) is 7.37. The molecule has 152 valence electrons. The number of piperidine rings is 2. The highest BCUT2D eigenvalue weighted by molar-refractivity contribution is 5.79. The summed E-state index contributed by atoms with van der Waals surface area (Å²) in [5.74, 6) is 0.273. The smallest absolute Gasteiger partial charge is 0.410 e. The van der Waals surface area contributed by atoms with Gasteiger partial charge in [-0.15, -0.1) is 0 Å². The molecule has 0 aliphatic carbocycles. The molecule has 3 aliphatic rings. The normalized spacial score (nSPS) is 23.7. The number of nitrogens with zero attached hydrogens (tertiary/aromatic N) is 3. The van der Waals surface area contributed by atoms with Crippen molar-refractivity contribution in [2.75, 3.05) is 32.7 Å². The molecule has 0 aromatic rings. The fourth-order valence-corrected chi connectivity index (χ4v) is 4.47. The van der Waals surface area contributed by atoms with Crippen LogP contribution in [0.4, 0.5) is 4.79 Å². The summed E-state index contributed by atoms with van der Waals surface area (Å²) in [5, 5.41) is 0. The van der Waals surface area contributed by atoms with Crippen LogP contribution in [0.25, 0.3) is 0 Å². The second-order valence-electron chi connectivity index (χ2n) is 8.29. The summed E-state index contributed by atoms with van der Waals surface area (Å²) in [4.78, 5) is 42.2. The SMILES string of the molecule is CCC[C@H](C)N1CC2(CCN(C(=O)CCN3CCCCC3=O)CC2)OC1=O. The zero-order valence-corrected chi connectivity index (χ0v) is 16.7. The lowest BCUT2D eigenvalue weighted by Crippen LogP contribution is -2.49. The van der Waals surface area contributed by atoms with Crippen LogP contribution in [0, 0.1) is 0 Å². The zero-order valence-electron chi connectivity index (χ0n) is 16.7. The quantitative estimate of drug-likeness (QED) is 0.710. The number of ether oxygens (including phenoxy) is 1. The molecule has 0 N–H and O–H groups in total. The molecule has 3 heterocycles. The predicted molar refractivity (Wildman–Crippen MR) is 101 cm³/mol. The van der Waals surface area contributed by atoms with Gasteiger partial charge in [0, 0.05) is 57.9 Å². The summed E-state index contributed by atoms with van der Waals surface area (Å²) in [7, 11) is 0. The van der Waals surface area contributed by atoms with Crippen molar-refractivity contribution in [1.82, 2.24) is 14.7 Å². The zero-order chi connectivity index (χ0) is 19.4. The fourth-order valence-electron chi connectivity index (χ4n) is 4.47. The van der Waals surface area contributed by atoms with Crippen molar-refractivity contribution in [2.24, 2.45) is 0 Å². The van der Waals surface area contributed by atoms with Crippen molar-refractivity contribution in [3.05, 3.63) is 0 Å². The number of carbonyl (C=O) groups is 3. The Labute approximate surface area is 162 Å². The van der Waals surface area contributed by atoms with E-state index in [0.717, 1.165) is 32.2 Å². The number of likely N-dealkylation sites (tertiary alicyclic amines) is 2. The molecule has 3 saturated heterocycles. The third-order valence-corrected chi connectivity index (χ3v) is 6.28. The highest BCUT2D eigenvalue weighted by atomic mass is 16.6. The van der Waals surface area contributed by atoms with E-state index in [1.165, 1.54) is 0 Å². The average Bonchev–Trinajstić information content (AvgIpc) is 2.97. The van der Waals surface area contributed by atoms with E-state index in [9.17, 15) is 14.4 Å². The average molecular weight is 380 g/mol. The minimum Gasteiger partial charge on any atom is -0.441 e. The molecule has 0 radical (unpaired) electrons. The molecule has 0 unspecified atom stereocenters. The summed E-state index contributed by atoms with van der Waals surface area (Å²) in [6, 6.07) is 0.198. The molecule has 3 aliphatic heterocycles. The number of amides is 3. The van der Waals surface area contributed by atoms with E-state index in [-0.39, 0.29) is 23.9 Å². The Balaban J connectivity index is 1.46. The highest BCUT2D eigenvalue weighted by Crippen LogP contribution is 2.34. The van der Waals surface area contributed by atoms with Crippen LogP contribution in [0.5, 0.6) is 0 Å². The monoisotopic (exact) mass is 379 g/mol. The molecule has 1 spiro atoms. The molecule has 3 rings (SSSR count). The minimum atomic E-state index is -0.432. The van der Waals surface area contributed by atoms with E-state index in [1.54, 1.807) is 0 Å². The van der Waals surface area contributed by atoms with Gasteiger partial charge < -0.3 is 19.4 Å². The van der Waals surface area contributed by atoms with Gasteiger partial charge in [0.2, 0.25) is 11.8 Å². The van der Waals surface area contributed by atoms with Crippen LogP contribution in [0.15, 0.2) is 0 Å². The van der Waals surface area contributed by atoms with E-state index < -0.39 is 5.60 Å². The Hall–Kier alpha value is -1.79. The Morgan fingerprint density at radius 1 is 1.19 bits per heavy atom. The van der Waals surface area contributed by atoms with Crippen LogP contribution in [-0.2, 0) is 14.3 Å². The largest absolute Gasteiger partial charge is 0.441 e. The van der Waals surface area contributed by atoms with Gasteiger partial charge in [-0.05, 0) is 26.2 Å². The number of rotatable bonds is 6. The fraction of sp³-hybridized carbons (Fsp3) is 0.850. The molecule has 3 amide bonds. The van der Waals surface area contributed by atoms with Crippen LogP contribution in [0.1, 0.15) is 65.2 Å². The summed E-state index contributed by atoms with van der Waals surface area (Å²) < 4.78 is 5.76. The third-order valence-electron chi connectivity index (χ3n) is 6.28. The Bertz CT molecular complexity index is 572. The lowest BCUT2D eigenvalue weighted by Gasteiger charge is -2.38. The molecule has 0 bridgehead atoms. The van der Waals surface area contributed by atoms with Gasteiger partial charge in [-0.2, -0.15) is 0 Å². The van der Waals surface area contributed by atoms with Gasteiger partial charge in [0.1, 0.15) is 5.60 Å². The molecule has 0 aromatic heterocycles.